The molecule has 13 heteroatoms. The summed E-state index contributed by atoms with van der Waals surface area (Å²) in [4.78, 5) is 50.2. The summed E-state index contributed by atoms with van der Waals surface area (Å²) in [5.41, 5.74) is 6.65. The fourth-order valence-corrected chi connectivity index (χ4v) is 8.53. The summed E-state index contributed by atoms with van der Waals surface area (Å²) in [7, 11) is 1.59. The molecule has 11 nitrogen and oxygen atoms in total. The van der Waals surface area contributed by atoms with Crippen molar-refractivity contribution in [3.63, 3.8) is 0 Å². The van der Waals surface area contributed by atoms with Gasteiger partial charge >= 0.3 is 0 Å². The highest BCUT2D eigenvalue weighted by molar-refractivity contribution is 6.39. The van der Waals surface area contributed by atoms with Crippen LogP contribution in [0.25, 0.3) is 39.2 Å². The fraction of sp³-hybridized carbons (Fsp3) is 0.325. The first-order chi connectivity index (χ1) is 25.6. The van der Waals surface area contributed by atoms with Crippen molar-refractivity contribution in [2.24, 2.45) is 5.41 Å². The molecule has 2 N–H and O–H groups in total. The average Bonchev–Trinajstić information content (AvgIpc) is 3.54. The Labute approximate surface area is 316 Å². The van der Waals surface area contributed by atoms with Crippen molar-refractivity contribution in [1.29, 1.82) is 0 Å². The van der Waals surface area contributed by atoms with E-state index in [1.807, 2.05) is 65.6 Å². The van der Waals surface area contributed by atoms with E-state index >= 15 is 0 Å². The number of ether oxygens (including phenoxy) is 1. The Balaban J connectivity index is 1.00. The van der Waals surface area contributed by atoms with E-state index in [9.17, 15) is 14.4 Å². The molecular weight excluding hydrogens is 713 g/mol. The lowest BCUT2D eigenvalue weighted by Gasteiger charge is -2.60. The highest BCUT2D eigenvalue weighted by Crippen LogP contribution is 2.43. The van der Waals surface area contributed by atoms with Crippen LogP contribution in [0.15, 0.2) is 77.9 Å². The van der Waals surface area contributed by atoms with Crippen LogP contribution in [0.3, 0.4) is 0 Å². The summed E-state index contributed by atoms with van der Waals surface area (Å²) in [6.45, 7) is 6.68. The van der Waals surface area contributed by atoms with E-state index in [2.05, 4.69) is 20.5 Å². The standard InChI is InChI=1S/C40H39Cl2N7O4/c1-24(50)48-22-40(23-48)20-47(21-40)19-27-17-44-34-15-25(13-14-49(34)39(27)52)29-5-3-6-30(36(29)41)31-7-4-8-32(37(31)42)33-11-9-26(38(46-33)53-2)16-43-18-28-10-12-35(51)45-28/h3-9,11,13-15,17,28,43H,10,12,16,18-23H2,1-2H3,(H,45,51)/t28-/m1/s1. The van der Waals surface area contributed by atoms with E-state index in [1.54, 1.807) is 30.8 Å². The van der Waals surface area contributed by atoms with Crippen molar-refractivity contribution < 1.29 is 14.3 Å². The molecule has 53 heavy (non-hydrogen) atoms. The maximum Gasteiger partial charge on any atom is 0.262 e. The van der Waals surface area contributed by atoms with Gasteiger partial charge in [0, 0.05) is 111 Å². The quantitative estimate of drug-likeness (QED) is 0.194. The van der Waals surface area contributed by atoms with Crippen LogP contribution in [0, 0.1) is 5.41 Å². The summed E-state index contributed by atoms with van der Waals surface area (Å²) in [6, 6.07) is 19.4. The minimum atomic E-state index is -0.0986. The fourth-order valence-electron chi connectivity index (χ4n) is 7.87. The van der Waals surface area contributed by atoms with Crippen LogP contribution in [0.5, 0.6) is 5.88 Å². The molecule has 272 valence electrons. The molecule has 1 atom stereocenters. The summed E-state index contributed by atoms with van der Waals surface area (Å²) in [5, 5.41) is 7.39. The number of benzene rings is 2. The Bertz CT molecular complexity index is 2320. The van der Waals surface area contributed by atoms with Gasteiger partial charge in [0.05, 0.1) is 28.4 Å². The molecule has 0 saturated carbocycles. The lowest BCUT2D eigenvalue weighted by Crippen LogP contribution is -2.72. The maximum absolute atomic E-state index is 13.5. The Kier molecular flexibility index (Phi) is 9.44. The van der Waals surface area contributed by atoms with Gasteiger partial charge in [-0.25, -0.2) is 9.97 Å². The van der Waals surface area contributed by atoms with Crippen LogP contribution < -0.4 is 20.9 Å². The number of aromatic nitrogens is 3. The number of carbonyl (C=O) groups is 2. The van der Waals surface area contributed by atoms with Crippen molar-refractivity contribution in [3.8, 4) is 39.4 Å². The highest BCUT2D eigenvalue weighted by Gasteiger charge is 2.52. The molecule has 3 saturated heterocycles. The molecule has 0 aliphatic carbocycles. The molecule has 1 spiro atoms. The molecule has 3 fully saturated rings. The van der Waals surface area contributed by atoms with Gasteiger partial charge in [0.1, 0.15) is 5.65 Å². The van der Waals surface area contributed by atoms with Gasteiger partial charge in [0.25, 0.3) is 5.56 Å². The van der Waals surface area contributed by atoms with Gasteiger partial charge in [-0.15, -0.1) is 0 Å². The Morgan fingerprint density at radius 3 is 2.38 bits per heavy atom. The number of pyridine rings is 2. The molecule has 6 heterocycles. The second kappa shape index (κ2) is 14.2. The molecule has 2 amide bonds. The van der Waals surface area contributed by atoms with Gasteiger partial charge in [-0.1, -0.05) is 65.7 Å². The maximum atomic E-state index is 13.5. The Morgan fingerprint density at radius 1 is 0.962 bits per heavy atom. The number of methoxy groups -OCH3 is 1. The minimum Gasteiger partial charge on any atom is -0.481 e. The number of nitrogens with one attached hydrogen (secondary N) is 2. The summed E-state index contributed by atoms with van der Waals surface area (Å²) < 4.78 is 7.23. The van der Waals surface area contributed by atoms with Gasteiger partial charge in [-0.05, 0) is 30.2 Å². The van der Waals surface area contributed by atoms with Gasteiger partial charge in [0.2, 0.25) is 17.7 Å². The van der Waals surface area contributed by atoms with Crippen molar-refractivity contribution in [1.82, 2.24) is 34.8 Å². The third-order valence-corrected chi connectivity index (χ3v) is 11.4. The number of hydrogen-bond donors (Lipinski definition) is 2. The molecule has 3 aliphatic heterocycles. The third-order valence-electron chi connectivity index (χ3n) is 10.6. The number of likely N-dealkylation sites (tertiary alicyclic amines) is 2. The molecule has 3 aromatic heterocycles. The largest absolute Gasteiger partial charge is 0.481 e. The third kappa shape index (κ3) is 6.78. The van der Waals surface area contributed by atoms with Crippen LogP contribution in [-0.2, 0) is 22.7 Å². The molecule has 8 rings (SSSR count). The predicted octanol–water partition coefficient (Wildman–Crippen LogP) is 5.44. The van der Waals surface area contributed by atoms with Gasteiger partial charge in [0.15, 0.2) is 0 Å². The van der Waals surface area contributed by atoms with Gasteiger partial charge in [-0.2, -0.15) is 0 Å². The number of nitrogens with zero attached hydrogens (tertiary/aromatic N) is 5. The molecule has 2 aromatic carbocycles. The average molecular weight is 753 g/mol. The Morgan fingerprint density at radius 2 is 1.68 bits per heavy atom. The van der Waals surface area contributed by atoms with Crippen molar-refractivity contribution >= 4 is 40.7 Å². The minimum absolute atomic E-state index is 0.0939. The lowest BCUT2D eigenvalue weighted by molar-refractivity contribution is -0.157. The van der Waals surface area contributed by atoms with Crippen LogP contribution >= 0.6 is 23.2 Å². The number of halogens is 2. The molecular formula is C40H39Cl2N7O4. The zero-order valence-electron chi connectivity index (χ0n) is 29.5. The smallest absolute Gasteiger partial charge is 0.262 e. The first-order valence-corrected chi connectivity index (χ1v) is 18.5. The lowest BCUT2D eigenvalue weighted by atomic mass is 9.72. The van der Waals surface area contributed by atoms with Crippen LogP contribution in [0.2, 0.25) is 10.0 Å². The van der Waals surface area contributed by atoms with Crippen molar-refractivity contribution in [3.05, 3.63) is 105 Å². The predicted molar refractivity (Wildman–Crippen MR) is 205 cm³/mol. The van der Waals surface area contributed by atoms with E-state index in [0.29, 0.717) is 58.9 Å². The number of amides is 2. The highest BCUT2D eigenvalue weighted by atomic mass is 35.5. The van der Waals surface area contributed by atoms with Gasteiger partial charge < -0.3 is 20.3 Å². The monoisotopic (exact) mass is 751 g/mol. The van der Waals surface area contributed by atoms with E-state index in [-0.39, 0.29) is 28.8 Å². The zero-order valence-corrected chi connectivity index (χ0v) is 31.0. The molecule has 0 unspecified atom stereocenters. The van der Waals surface area contributed by atoms with E-state index in [4.69, 9.17) is 32.9 Å². The first-order valence-electron chi connectivity index (χ1n) is 17.7. The Hall–Kier alpha value is -4.81. The second-order valence-electron chi connectivity index (χ2n) is 14.4. The summed E-state index contributed by atoms with van der Waals surface area (Å²) >= 11 is 14.2. The van der Waals surface area contributed by atoms with Crippen LogP contribution in [0.4, 0.5) is 0 Å². The van der Waals surface area contributed by atoms with Crippen molar-refractivity contribution in [2.75, 3.05) is 39.8 Å². The topological polar surface area (TPSA) is 121 Å². The summed E-state index contributed by atoms with van der Waals surface area (Å²) in [5.74, 6) is 0.705. The van der Waals surface area contributed by atoms with Crippen LogP contribution in [-0.4, -0.2) is 81.9 Å². The first kappa shape index (κ1) is 35.2. The van der Waals surface area contributed by atoms with Crippen molar-refractivity contribution in [2.45, 2.75) is 38.9 Å². The molecule has 0 radical (unpaired) electrons. The van der Waals surface area contributed by atoms with E-state index in [0.717, 1.165) is 66.0 Å². The zero-order chi connectivity index (χ0) is 36.9. The van der Waals surface area contributed by atoms with E-state index in [1.165, 1.54) is 0 Å². The normalized spacial score (nSPS) is 17.8. The molecule has 5 aromatic rings. The van der Waals surface area contributed by atoms with E-state index < -0.39 is 0 Å². The van der Waals surface area contributed by atoms with Gasteiger partial charge in [-0.3, -0.25) is 23.7 Å². The molecule has 3 aliphatic rings. The second-order valence-corrected chi connectivity index (χ2v) is 15.1. The van der Waals surface area contributed by atoms with Crippen LogP contribution in [0.1, 0.15) is 30.9 Å². The number of fused-ring (bicyclic) bond motifs is 1. The number of hydrogen-bond acceptors (Lipinski definition) is 8. The number of carbonyl (C=O) groups excluding carboxylic acids is 2. The number of rotatable bonds is 10. The summed E-state index contributed by atoms with van der Waals surface area (Å²) in [6.07, 6.45) is 4.81. The molecule has 0 bridgehead atoms. The SMILES string of the molecule is COc1nc(-c2cccc(-c3cccc(-c4ccn5c(=O)c(CN6CC7(C6)CN(C(C)=O)C7)cnc5c4)c3Cl)c2Cl)ccc1CNC[C@H]1CCC(=O)N1.